The molecule has 2 rings (SSSR count). The third-order valence-electron chi connectivity index (χ3n) is 4.14. The van der Waals surface area contributed by atoms with E-state index in [2.05, 4.69) is 17.3 Å². The smallest absolute Gasteiger partial charge is 0.320 e. The molecule has 2 N–H and O–H groups in total. The fraction of sp³-hybridized carbons (Fsp3) is 0.923. The van der Waals surface area contributed by atoms with Gasteiger partial charge in [-0.15, -0.1) is 0 Å². The summed E-state index contributed by atoms with van der Waals surface area (Å²) in [6.45, 7) is 1.75. The topological polar surface area (TPSA) is 52.6 Å². The first kappa shape index (κ1) is 12.8. The lowest BCUT2D eigenvalue weighted by molar-refractivity contribution is -0.140. The van der Waals surface area contributed by atoms with Crippen molar-refractivity contribution >= 4 is 5.97 Å². The Morgan fingerprint density at radius 2 is 2.00 bits per heavy atom. The quantitative estimate of drug-likeness (QED) is 0.704. The largest absolute Gasteiger partial charge is 0.480 e. The number of carboxylic acids is 1. The Morgan fingerprint density at radius 1 is 1.35 bits per heavy atom. The lowest BCUT2D eigenvalue weighted by Crippen LogP contribution is -2.43. The number of rotatable bonds is 7. The van der Waals surface area contributed by atoms with Gasteiger partial charge in [0.05, 0.1) is 0 Å². The zero-order valence-corrected chi connectivity index (χ0v) is 10.7. The zero-order valence-electron chi connectivity index (χ0n) is 10.7. The molecule has 0 radical (unpaired) electrons. The molecule has 0 aromatic heterocycles. The molecule has 0 saturated heterocycles. The van der Waals surface area contributed by atoms with Gasteiger partial charge in [-0.3, -0.25) is 4.79 Å². The summed E-state index contributed by atoms with van der Waals surface area (Å²) in [6, 6.07) is 0.410. The Hall–Kier alpha value is -0.610. The summed E-state index contributed by atoms with van der Waals surface area (Å²) in [5.74, 6) is -0.305. The number of aliphatic carboxylic acids is 1. The van der Waals surface area contributed by atoms with Gasteiger partial charge < -0.3 is 15.3 Å². The van der Waals surface area contributed by atoms with Gasteiger partial charge in [0.2, 0.25) is 0 Å². The van der Waals surface area contributed by atoms with Crippen LogP contribution in [0.1, 0.15) is 38.5 Å². The second-order valence-corrected chi connectivity index (χ2v) is 5.53. The van der Waals surface area contributed by atoms with Crippen molar-refractivity contribution in [1.82, 2.24) is 10.2 Å². The Morgan fingerprint density at radius 3 is 2.53 bits per heavy atom. The maximum atomic E-state index is 11.0. The molecule has 98 valence electrons. The normalized spacial score (nSPS) is 23.2. The number of hydrogen-bond donors (Lipinski definition) is 2. The van der Waals surface area contributed by atoms with E-state index in [0.29, 0.717) is 5.92 Å². The van der Waals surface area contributed by atoms with Gasteiger partial charge >= 0.3 is 5.97 Å². The minimum atomic E-state index is -0.684. The van der Waals surface area contributed by atoms with E-state index in [-0.39, 0.29) is 6.04 Å². The molecule has 2 aliphatic carbocycles. The van der Waals surface area contributed by atoms with Crippen LogP contribution in [-0.4, -0.2) is 48.2 Å². The van der Waals surface area contributed by atoms with E-state index in [1.807, 2.05) is 0 Å². The predicted octanol–water partition coefficient (Wildman–Crippen LogP) is 1.31. The summed E-state index contributed by atoms with van der Waals surface area (Å²) in [7, 11) is 2.16. The van der Waals surface area contributed by atoms with Crippen LogP contribution >= 0.6 is 0 Å². The highest BCUT2D eigenvalue weighted by Gasteiger charge is 2.35. The average Bonchev–Trinajstić information content (AvgIpc) is 2.96. The summed E-state index contributed by atoms with van der Waals surface area (Å²) in [5.41, 5.74) is 0. The molecule has 2 fully saturated rings. The van der Waals surface area contributed by atoms with Crippen LogP contribution in [-0.2, 0) is 4.79 Å². The molecule has 0 bridgehead atoms. The Bertz CT molecular complexity index is 260. The molecule has 4 nitrogen and oxygen atoms in total. The van der Waals surface area contributed by atoms with Crippen LogP contribution in [0, 0.1) is 5.92 Å². The fourth-order valence-corrected chi connectivity index (χ4v) is 2.81. The lowest BCUT2D eigenvalue weighted by atomic mass is 10.2. The summed E-state index contributed by atoms with van der Waals surface area (Å²) in [4.78, 5) is 13.4. The van der Waals surface area contributed by atoms with Gasteiger partial charge in [-0.1, -0.05) is 12.8 Å². The van der Waals surface area contributed by atoms with Gasteiger partial charge in [0.1, 0.15) is 6.04 Å². The molecule has 17 heavy (non-hydrogen) atoms. The highest BCUT2D eigenvalue weighted by Crippen LogP contribution is 2.32. The third kappa shape index (κ3) is 3.68. The Kier molecular flexibility index (Phi) is 4.40. The summed E-state index contributed by atoms with van der Waals surface area (Å²) >= 11 is 0. The second-order valence-electron chi connectivity index (χ2n) is 5.53. The molecule has 0 aromatic carbocycles. The molecule has 0 heterocycles. The molecule has 0 spiro atoms. The standard InChI is InChI=1S/C13H24N2O2/c1-15(11-4-2-3-5-11)9-8-14-12(13(16)17)10-6-7-10/h10-12,14H,2-9H2,1H3,(H,16,17). The van der Waals surface area contributed by atoms with E-state index >= 15 is 0 Å². The first-order valence-corrected chi connectivity index (χ1v) is 6.85. The van der Waals surface area contributed by atoms with Gasteiger partial charge in [-0.05, 0) is 38.6 Å². The van der Waals surface area contributed by atoms with Crippen molar-refractivity contribution < 1.29 is 9.90 Å². The van der Waals surface area contributed by atoms with E-state index in [1.165, 1.54) is 25.7 Å². The van der Waals surface area contributed by atoms with Gasteiger partial charge in [0, 0.05) is 19.1 Å². The lowest BCUT2D eigenvalue weighted by Gasteiger charge is -2.25. The number of likely N-dealkylation sites (N-methyl/N-ethyl adjacent to an activating group) is 1. The molecule has 0 amide bonds. The van der Waals surface area contributed by atoms with Crippen LogP contribution in [0.25, 0.3) is 0 Å². The monoisotopic (exact) mass is 240 g/mol. The van der Waals surface area contributed by atoms with Crippen molar-refractivity contribution in [1.29, 1.82) is 0 Å². The maximum Gasteiger partial charge on any atom is 0.320 e. The summed E-state index contributed by atoms with van der Waals surface area (Å²) in [6.07, 6.45) is 7.46. The van der Waals surface area contributed by atoms with Crippen LogP contribution < -0.4 is 5.32 Å². The molecular weight excluding hydrogens is 216 g/mol. The Balaban J connectivity index is 1.65. The zero-order chi connectivity index (χ0) is 12.3. The molecule has 2 saturated carbocycles. The maximum absolute atomic E-state index is 11.0. The van der Waals surface area contributed by atoms with E-state index in [1.54, 1.807) is 0 Å². The van der Waals surface area contributed by atoms with Crippen molar-refractivity contribution in [3.63, 3.8) is 0 Å². The van der Waals surface area contributed by atoms with Crippen molar-refractivity contribution in [2.75, 3.05) is 20.1 Å². The van der Waals surface area contributed by atoms with Crippen molar-refractivity contribution in [2.24, 2.45) is 5.92 Å². The van der Waals surface area contributed by atoms with Crippen molar-refractivity contribution in [3.05, 3.63) is 0 Å². The van der Waals surface area contributed by atoms with Gasteiger partial charge in [0.25, 0.3) is 0 Å². The average molecular weight is 240 g/mol. The Labute approximate surface area is 103 Å². The molecule has 0 aromatic rings. The number of nitrogens with one attached hydrogen (secondary N) is 1. The minimum Gasteiger partial charge on any atom is -0.480 e. The van der Waals surface area contributed by atoms with Crippen LogP contribution in [0.15, 0.2) is 0 Å². The third-order valence-corrected chi connectivity index (χ3v) is 4.14. The van der Waals surface area contributed by atoms with Crippen LogP contribution in [0.5, 0.6) is 0 Å². The first-order chi connectivity index (χ1) is 8.18. The number of nitrogens with zero attached hydrogens (tertiary/aromatic N) is 1. The van der Waals surface area contributed by atoms with E-state index in [0.717, 1.165) is 32.0 Å². The number of hydrogen-bond acceptors (Lipinski definition) is 3. The molecule has 4 heteroatoms. The SMILES string of the molecule is CN(CCNC(C(=O)O)C1CC1)C1CCCC1. The second kappa shape index (κ2) is 5.83. The molecule has 1 atom stereocenters. The number of carbonyl (C=O) groups is 1. The summed E-state index contributed by atoms with van der Waals surface area (Å²) < 4.78 is 0. The molecule has 1 unspecified atom stereocenters. The van der Waals surface area contributed by atoms with Crippen LogP contribution in [0.4, 0.5) is 0 Å². The molecular formula is C13H24N2O2. The van der Waals surface area contributed by atoms with E-state index < -0.39 is 5.97 Å². The van der Waals surface area contributed by atoms with E-state index in [9.17, 15) is 4.79 Å². The van der Waals surface area contributed by atoms with Gasteiger partial charge in [-0.2, -0.15) is 0 Å². The fourth-order valence-electron chi connectivity index (χ4n) is 2.81. The van der Waals surface area contributed by atoms with E-state index in [4.69, 9.17) is 5.11 Å². The molecule has 0 aliphatic heterocycles. The predicted molar refractivity (Wildman–Crippen MR) is 67.0 cm³/mol. The van der Waals surface area contributed by atoms with Crippen LogP contribution in [0.3, 0.4) is 0 Å². The van der Waals surface area contributed by atoms with Crippen molar-refractivity contribution in [3.8, 4) is 0 Å². The van der Waals surface area contributed by atoms with Crippen molar-refractivity contribution in [2.45, 2.75) is 50.6 Å². The highest BCUT2D eigenvalue weighted by molar-refractivity contribution is 5.74. The van der Waals surface area contributed by atoms with Crippen LogP contribution in [0.2, 0.25) is 0 Å². The number of carboxylic acid groups (broad SMARTS) is 1. The highest BCUT2D eigenvalue weighted by atomic mass is 16.4. The first-order valence-electron chi connectivity index (χ1n) is 6.85. The minimum absolute atomic E-state index is 0.313. The van der Waals surface area contributed by atoms with Gasteiger partial charge in [0.15, 0.2) is 0 Å². The summed E-state index contributed by atoms with van der Waals surface area (Å²) in [5, 5.41) is 12.3. The molecule has 2 aliphatic rings. The van der Waals surface area contributed by atoms with Gasteiger partial charge in [-0.25, -0.2) is 0 Å².